The summed E-state index contributed by atoms with van der Waals surface area (Å²) in [7, 11) is 0. The van der Waals surface area contributed by atoms with Crippen molar-refractivity contribution < 1.29 is 4.79 Å². The molecule has 0 aliphatic carbocycles. The van der Waals surface area contributed by atoms with Gasteiger partial charge in [0, 0.05) is 44.0 Å². The van der Waals surface area contributed by atoms with E-state index >= 15 is 0 Å². The maximum atomic E-state index is 12.6. The molecular formula is C21H26N4O2. The Balaban J connectivity index is 1.49. The molecule has 1 aliphatic heterocycles. The van der Waals surface area contributed by atoms with E-state index in [-0.39, 0.29) is 17.9 Å². The maximum Gasteiger partial charge on any atom is 0.254 e. The zero-order chi connectivity index (χ0) is 19.2. The van der Waals surface area contributed by atoms with Gasteiger partial charge in [-0.25, -0.2) is 4.98 Å². The summed E-state index contributed by atoms with van der Waals surface area (Å²) >= 11 is 0. The van der Waals surface area contributed by atoms with Crippen molar-refractivity contribution in [2.75, 3.05) is 32.7 Å². The first-order valence-corrected chi connectivity index (χ1v) is 9.31. The van der Waals surface area contributed by atoms with Crippen LogP contribution in [0.3, 0.4) is 0 Å². The van der Waals surface area contributed by atoms with Gasteiger partial charge in [-0.15, -0.1) is 0 Å². The molecule has 142 valence electrons. The number of amides is 1. The summed E-state index contributed by atoms with van der Waals surface area (Å²) in [6, 6.07) is 10.2. The Morgan fingerprint density at radius 3 is 2.52 bits per heavy atom. The van der Waals surface area contributed by atoms with Gasteiger partial charge in [0.1, 0.15) is 5.82 Å². The Labute approximate surface area is 159 Å². The van der Waals surface area contributed by atoms with Crippen molar-refractivity contribution in [3.05, 3.63) is 69.4 Å². The van der Waals surface area contributed by atoms with Gasteiger partial charge in [-0.3, -0.25) is 14.5 Å². The molecule has 0 saturated carbocycles. The first-order chi connectivity index (χ1) is 13.0. The van der Waals surface area contributed by atoms with Gasteiger partial charge in [0.2, 0.25) is 5.91 Å². The highest BCUT2D eigenvalue weighted by Crippen LogP contribution is 2.08. The molecule has 2 aromatic rings. The number of rotatable bonds is 5. The van der Waals surface area contributed by atoms with Crippen molar-refractivity contribution in [2.45, 2.75) is 20.3 Å². The molecule has 27 heavy (non-hydrogen) atoms. The van der Waals surface area contributed by atoms with Crippen molar-refractivity contribution in [3.8, 4) is 0 Å². The van der Waals surface area contributed by atoms with Crippen molar-refractivity contribution >= 4 is 12.0 Å². The van der Waals surface area contributed by atoms with Gasteiger partial charge in [-0.2, -0.15) is 0 Å². The minimum Gasteiger partial charge on any atom is -0.340 e. The normalized spacial score (nSPS) is 15.4. The molecule has 1 aromatic carbocycles. The van der Waals surface area contributed by atoms with Crippen LogP contribution in [0.25, 0.3) is 6.08 Å². The number of H-pyrrole nitrogens is 1. The van der Waals surface area contributed by atoms with Crippen LogP contribution in [-0.2, 0) is 11.2 Å². The summed E-state index contributed by atoms with van der Waals surface area (Å²) < 4.78 is 0. The number of benzene rings is 1. The number of hydrogen-bond acceptors (Lipinski definition) is 4. The van der Waals surface area contributed by atoms with E-state index in [9.17, 15) is 9.59 Å². The van der Waals surface area contributed by atoms with E-state index in [1.165, 1.54) is 5.56 Å². The number of aryl methyl sites for hydroxylation is 2. The molecule has 1 aromatic heterocycles. The Kier molecular flexibility index (Phi) is 6.19. The summed E-state index contributed by atoms with van der Waals surface area (Å²) in [5, 5.41) is 0. The van der Waals surface area contributed by atoms with Crippen LogP contribution >= 0.6 is 0 Å². The number of hydrogen-bond donors (Lipinski definition) is 1. The first kappa shape index (κ1) is 19.0. The summed E-state index contributed by atoms with van der Waals surface area (Å²) in [6.45, 7) is 7.45. The van der Waals surface area contributed by atoms with E-state index < -0.39 is 0 Å². The maximum absolute atomic E-state index is 12.6. The molecule has 2 heterocycles. The third-order valence-electron chi connectivity index (χ3n) is 4.87. The van der Waals surface area contributed by atoms with Crippen LogP contribution in [0.2, 0.25) is 0 Å². The van der Waals surface area contributed by atoms with Gasteiger partial charge >= 0.3 is 0 Å². The minimum absolute atomic E-state index is 0.00580. The van der Waals surface area contributed by atoms with Gasteiger partial charge in [0.05, 0.1) is 6.42 Å². The number of piperazine rings is 1. The molecule has 0 radical (unpaired) electrons. The van der Waals surface area contributed by atoms with E-state index in [1.54, 1.807) is 13.8 Å². The molecule has 1 saturated heterocycles. The van der Waals surface area contributed by atoms with Crippen molar-refractivity contribution in [2.24, 2.45) is 0 Å². The fraction of sp³-hybridized carbons (Fsp3) is 0.381. The summed E-state index contributed by atoms with van der Waals surface area (Å²) in [5.74, 6) is 0.569. The fourth-order valence-electron chi connectivity index (χ4n) is 3.30. The van der Waals surface area contributed by atoms with Gasteiger partial charge in [-0.1, -0.05) is 42.5 Å². The molecule has 6 nitrogen and oxygen atoms in total. The predicted molar refractivity (Wildman–Crippen MR) is 107 cm³/mol. The van der Waals surface area contributed by atoms with Gasteiger partial charge < -0.3 is 9.88 Å². The van der Waals surface area contributed by atoms with Crippen LogP contribution in [0.5, 0.6) is 0 Å². The van der Waals surface area contributed by atoms with Crippen LogP contribution in [0.4, 0.5) is 0 Å². The SMILES string of the molecule is Cc1nc(C)c(CC(=O)N2CCN(C/C=C/c3ccccc3)CC2)c(=O)[nH]1. The second-order valence-corrected chi connectivity index (χ2v) is 6.89. The minimum atomic E-state index is -0.210. The van der Waals surface area contributed by atoms with Crippen LogP contribution < -0.4 is 5.56 Å². The summed E-state index contributed by atoms with van der Waals surface area (Å²) in [6.07, 6.45) is 4.40. The monoisotopic (exact) mass is 366 g/mol. The van der Waals surface area contributed by atoms with Crippen molar-refractivity contribution in [1.82, 2.24) is 19.8 Å². The number of carbonyl (C=O) groups is 1. The average molecular weight is 366 g/mol. The molecule has 6 heteroatoms. The molecule has 3 rings (SSSR count). The predicted octanol–water partition coefficient (Wildman–Crippen LogP) is 1.79. The largest absolute Gasteiger partial charge is 0.340 e. The highest BCUT2D eigenvalue weighted by atomic mass is 16.2. The second-order valence-electron chi connectivity index (χ2n) is 6.89. The first-order valence-electron chi connectivity index (χ1n) is 9.31. The number of nitrogens with one attached hydrogen (secondary N) is 1. The van der Waals surface area contributed by atoms with Crippen LogP contribution in [0.1, 0.15) is 22.6 Å². The van der Waals surface area contributed by atoms with Crippen molar-refractivity contribution in [3.63, 3.8) is 0 Å². The summed E-state index contributed by atoms with van der Waals surface area (Å²) in [4.78, 5) is 35.8. The van der Waals surface area contributed by atoms with Gasteiger partial charge in [-0.05, 0) is 19.4 Å². The number of carbonyl (C=O) groups excluding carboxylic acids is 1. The lowest BCUT2D eigenvalue weighted by atomic mass is 10.1. The quantitative estimate of drug-likeness (QED) is 0.876. The third-order valence-corrected chi connectivity index (χ3v) is 4.87. The Morgan fingerprint density at radius 2 is 1.85 bits per heavy atom. The molecule has 1 N–H and O–H groups in total. The number of aromatic amines is 1. The lowest BCUT2D eigenvalue weighted by Crippen LogP contribution is -2.49. The molecule has 0 atom stereocenters. The Hall–Kier alpha value is -2.73. The molecule has 1 fully saturated rings. The summed E-state index contributed by atoms with van der Waals surface area (Å²) in [5.41, 5.74) is 2.09. The zero-order valence-corrected chi connectivity index (χ0v) is 15.9. The second kappa shape index (κ2) is 8.77. The van der Waals surface area contributed by atoms with E-state index in [1.807, 2.05) is 23.1 Å². The highest BCUT2D eigenvalue weighted by Gasteiger charge is 2.22. The zero-order valence-electron chi connectivity index (χ0n) is 15.9. The molecular weight excluding hydrogens is 340 g/mol. The average Bonchev–Trinajstić information content (AvgIpc) is 2.66. The lowest BCUT2D eigenvalue weighted by molar-refractivity contribution is -0.132. The number of aromatic nitrogens is 2. The van der Waals surface area contributed by atoms with Crippen LogP contribution in [-0.4, -0.2) is 58.4 Å². The smallest absolute Gasteiger partial charge is 0.254 e. The fourth-order valence-corrected chi connectivity index (χ4v) is 3.30. The van der Waals surface area contributed by atoms with E-state index in [2.05, 4.69) is 39.2 Å². The Bertz CT molecular complexity index is 865. The van der Waals surface area contributed by atoms with Crippen LogP contribution in [0, 0.1) is 13.8 Å². The molecule has 1 aliphatic rings. The molecule has 0 spiro atoms. The Morgan fingerprint density at radius 1 is 1.15 bits per heavy atom. The molecule has 1 amide bonds. The van der Waals surface area contributed by atoms with E-state index in [4.69, 9.17) is 0 Å². The van der Waals surface area contributed by atoms with E-state index in [0.29, 0.717) is 30.2 Å². The van der Waals surface area contributed by atoms with Gasteiger partial charge in [0.15, 0.2) is 0 Å². The number of nitrogens with zero attached hydrogens (tertiary/aromatic N) is 3. The van der Waals surface area contributed by atoms with Crippen molar-refractivity contribution in [1.29, 1.82) is 0 Å². The van der Waals surface area contributed by atoms with Gasteiger partial charge in [0.25, 0.3) is 5.56 Å². The lowest BCUT2D eigenvalue weighted by Gasteiger charge is -2.34. The molecule has 0 bridgehead atoms. The standard InChI is InChI=1S/C21H26N4O2/c1-16-19(21(27)23-17(2)22-16)15-20(26)25-13-11-24(12-14-25)10-6-9-18-7-4-3-5-8-18/h3-9H,10-15H2,1-2H3,(H,22,23,27)/b9-6+. The van der Waals surface area contributed by atoms with Crippen LogP contribution in [0.15, 0.2) is 41.2 Å². The highest BCUT2D eigenvalue weighted by molar-refractivity contribution is 5.79. The third kappa shape index (κ3) is 5.14. The molecule has 0 unspecified atom stereocenters. The topological polar surface area (TPSA) is 69.3 Å². The van der Waals surface area contributed by atoms with E-state index in [0.717, 1.165) is 19.6 Å².